The number of Topliss-reactive ketones (excluding diaryl/α,β-unsaturated/α-hetero) is 2. The van der Waals surface area contributed by atoms with Gasteiger partial charge in [-0.2, -0.15) is 0 Å². The minimum atomic E-state index is -0.444. The average molecular weight is 732 g/mol. The Labute approximate surface area is 280 Å². The van der Waals surface area contributed by atoms with Gasteiger partial charge in [0.2, 0.25) is 0 Å². The summed E-state index contributed by atoms with van der Waals surface area (Å²) in [6.07, 6.45) is 3.26. The van der Waals surface area contributed by atoms with E-state index in [1.807, 2.05) is 37.3 Å². The van der Waals surface area contributed by atoms with Crippen LogP contribution in [0.1, 0.15) is 83.8 Å². The quantitative estimate of drug-likeness (QED) is 0.180. The third kappa shape index (κ3) is 6.90. The highest BCUT2D eigenvalue weighted by Gasteiger charge is 2.49. The number of nitrogens with zero attached hydrogens (tertiary/aromatic N) is 1. The Morgan fingerprint density at radius 1 is 0.932 bits per heavy atom. The first-order valence-electron chi connectivity index (χ1n) is 15.5. The lowest BCUT2D eigenvalue weighted by molar-refractivity contribution is -0.119. The van der Waals surface area contributed by atoms with Crippen molar-refractivity contribution in [2.75, 3.05) is 26.9 Å². The lowest BCUT2D eigenvalue weighted by Gasteiger charge is -2.49. The Balaban J connectivity index is 1.66. The third-order valence-corrected chi connectivity index (χ3v) is 9.73. The van der Waals surface area contributed by atoms with Gasteiger partial charge in [0, 0.05) is 66.6 Å². The Morgan fingerprint density at radius 2 is 1.57 bits per heavy atom. The molecule has 0 saturated heterocycles. The van der Waals surface area contributed by atoms with Crippen molar-refractivity contribution in [2.24, 2.45) is 10.8 Å². The fraction of sp³-hybridized carbons (Fsp3) is 0.500. The van der Waals surface area contributed by atoms with Gasteiger partial charge in [0.25, 0.3) is 0 Å². The maximum atomic E-state index is 14.1. The van der Waals surface area contributed by atoms with Crippen molar-refractivity contribution in [3.05, 3.63) is 78.7 Å². The number of benzene rings is 2. The molecule has 0 N–H and O–H groups in total. The number of carbonyl (C=O) groups is 2. The van der Waals surface area contributed by atoms with Crippen LogP contribution < -0.4 is 9.47 Å². The summed E-state index contributed by atoms with van der Waals surface area (Å²) in [7, 11) is 1.71. The number of rotatable bonds is 10. The number of ketones is 2. The monoisotopic (exact) mass is 731 g/mol. The maximum absolute atomic E-state index is 14.1. The van der Waals surface area contributed by atoms with Crippen LogP contribution in [0.5, 0.6) is 11.5 Å². The number of carbonyl (C=O) groups excluding carboxylic acids is 2. The second-order valence-corrected chi connectivity index (χ2v) is 15.3. The molecule has 1 heterocycles. The number of hydrogen-bond acceptors (Lipinski definition) is 6. The molecule has 0 unspecified atom stereocenters. The number of ether oxygens (including phenoxy) is 3. The van der Waals surface area contributed by atoms with E-state index in [2.05, 4.69) is 61.3 Å². The van der Waals surface area contributed by atoms with Crippen LogP contribution in [-0.4, -0.2) is 43.3 Å². The lowest BCUT2D eigenvalue weighted by atomic mass is 9.63. The molecular formula is C36H43ClINO5. The van der Waals surface area contributed by atoms with Crippen LogP contribution in [0.2, 0.25) is 5.02 Å². The summed E-state index contributed by atoms with van der Waals surface area (Å²) in [5, 5.41) is 0.656. The van der Waals surface area contributed by atoms with E-state index in [9.17, 15) is 9.59 Å². The maximum Gasteiger partial charge on any atom is 0.174 e. The lowest BCUT2D eigenvalue weighted by Crippen LogP contribution is -2.44. The predicted molar refractivity (Wildman–Crippen MR) is 182 cm³/mol. The summed E-state index contributed by atoms with van der Waals surface area (Å²) >= 11 is 8.49. The van der Waals surface area contributed by atoms with Crippen LogP contribution in [0, 0.1) is 14.4 Å². The van der Waals surface area contributed by atoms with E-state index in [-0.39, 0.29) is 22.4 Å². The highest BCUT2D eigenvalue weighted by molar-refractivity contribution is 14.1. The van der Waals surface area contributed by atoms with Gasteiger partial charge >= 0.3 is 0 Å². The molecule has 2 aliphatic carbocycles. The molecule has 0 aromatic heterocycles. The minimum Gasteiger partial charge on any atom is -0.490 e. The van der Waals surface area contributed by atoms with Gasteiger partial charge in [-0.25, -0.2) is 0 Å². The van der Waals surface area contributed by atoms with Crippen molar-refractivity contribution >= 4 is 45.8 Å². The van der Waals surface area contributed by atoms with E-state index in [1.165, 1.54) is 0 Å². The molecule has 0 radical (unpaired) electrons. The zero-order chi connectivity index (χ0) is 31.8. The molecule has 0 fully saturated rings. The Morgan fingerprint density at radius 3 is 2.14 bits per heavy atom. The van der Waals surface area contributed by atoms with Crippen molar-refractivity contribution in [3.8, 4) is 11.5 Å². The SMILES string of the molecule is CCOc1cc(C2C3=C(CC(C)(C)CC3=O)N(CCCOC)C3=C2C(=O)CC(C)(C)C3)cc(I)c1OCc1cccc(Cl)c1. The molecule has 8 heteroatoms. The predicted octanol–water partition coefficient (Wildman–Crippen LogP) is 8.64. The fourth-order valence-corrected chi connectivity index (χ4v) is 7.95. The van der Waals surface area contributed by atoms with E-state index in [0.29, 0.717) is 55.7 Å². The van der Waals surface area contributed by atoms with Crippen LogP contribution in [0.25, 0.3) is 0 Å². The molecule has 5 rings (SSSR count). The molecule has 0 amide bonds. The van der Waals surface area contributed by atoms with Crippen molar-refractivity contribution in [3.63, 3.8) is 0 Å². The second kappa shape index (κ2) is 13.2. The van der Waals surface area contributed by atoms with Crippen LogP contribution in [0.3, 0.4) is 0 Å². The van der Waals surface area contributed by atoms with Gasteiger partial charge in [0.05, 0.1) is 10.2 Å². The molecule has 44 heavy (non-hydrogen) atoms. The molecule has 3 aliphatic rings. The van der Waals surface area contributed by atoms with Crippen LogP contribution in [-0.2, 0) is 20.9 Å². The summed E-state index contributed by atoms with van der Waals surface area (Å²) in [6.45, 7) is 12.7. The van der Waals surface area contributed by atoms with Gasteiger partial charge in [-0.15, -0.1) is 0 Å². The molecule has 2 aromatic carbocycles. The molecule has 6 nitrogen and oxygen atoms in total. The molecule has 0 spiro atoms. The minimum absolute atomic E-state index is 0.122. The number of allylic oxidation sites excluding steroid dienone is 4. The van der Waals surface area contributed by atoms with Gasteiger partial charge in [0.15, 0.2) is 23.1 Å². The van der Waals surface area contributed by atoms with Gasteiger partial charge in [-0.3, -0.25) is 9.59 Å². The van der Waals surface area contributed by atoms with Crippen molar-refractivity contribution < 1.29 is 23.8 Å². The molecular weight excluding hydrogens is 689 g/mol. The molecule has 0 bridgehead atoms. The van der Waals surface area contributed by atoms with Crippen LogP contribution in [0.15, 0.2) is 58.9 Å². The molecule has 0 saturated carbocycles. The number of methoxy groups -OCH3 is 1. The summed E-state index contributed by atoms with van der Waals surface area (Å²) in [6, 6.07) is 11.7. The summed E-state index contributed by atoms with van der Waals surface area (Å²) in [4.78, 5) is 30.6. The van der Waals surface area contributed by atoms with Gasteiger partial charge in [0.1, 0.15) is 6.61 Å². The number of hydrogen-bond donors (Lipinski definition) is 0. The normalized spacial score (nSPS) is 19.7. The van der Waals surface area contributed by atoms with Gasteiger partial charge < -0.3 is 19.1 Å². The molecule has 1 aliphatic heterocycles. The first kappa shape index (κ1) is 33.0. The smallest absolute Gasteiger partial charge is 0.174 e. The van der Waals surface area contributed by atoms with Crippen molar-refractivity contribution in [2.45, 2.75) is 79.2 Å². The highest BCUT2D eigenvalue weighted by Crippen LogP contribution is 2.55. The Kier molecular flexibility index (Phi) is 9.88. The zero-order valence-corrected chi connectivity index (χ0v) is 29.6. The zero-order valence-electron chi connectivity index (χ0n) is 26.6. The highest BCUT2D eigenvalue weighted by atomic mass is 127. The van der Waals surface area contributed by atoms with E-state index in [0.717, 1.165) is 56.5 Å². The summed E-state index contributed by atoms with van der Waals surface area (Å²) < 4.78 is 18.7. The fourth-order valence-electron chi connectivity index (χ4n) is 6.96. The van der Waals surface area contributed by atoms with Crippen LogP contribution >= 0.6 is 34.2 Å². The van der Waals surface area contributed by atoms with E-state index >= 15 is 0 Å². The topological polar surface area (TPSA) is 65.1 Å². The van der Waals surface area contributed by atoms with E-state index in [1.54, 1.807) is 7.11 Å². The summed E-state index contributed by atoms with van der Waals surface area (Å²) in [5.41, 5.74) is 5.15. The standard InChI is InChI=1S/C36H43ClINO5/c1-7-43-30-16-23(15-25(38)34(30)44-21-22-10-8-11-24(37)14-22)31-32-26(17-35(2,3)19-28(32)40)39(12-9-13-42-6)27-18-36(4,5)20-29(41)33(27)31/h8,10-11,14-16,31H,7,9,12-13,17-21H2,1-6H3. The largest absolute Gasteiger partial charge is 0.490 e. The first-order chi connectivity index (χ1) is 20.8. The Bertz CT molecular complexity index is 1470. The summed E-state index contributed by atoms with van der Waals surface area (Å²) in [5.74, 6) is 1.05. The average Bonchev–Trinajstić information content (AvgIpc) is 2.92. The number of halogens is 2. The van der Waals surface area contributed by atoms with Gasteiger partial charge in [-0.05, 0) is 95.0 Å². The van der Waals surface area contributed by atoms with Gasteiger partial charge in [-0.1, -0.05) is 51.4 Å². The Hall–Kier alpha value is -2.36. The van der Waals surface area contributed by atoms with Crippen molar-refractivity contribution in [1.82, 2.24) is 4.90 Å². The third-order valence-electron chi connectivity index (χ3n) is 8.69. The van der Waals surface area contributed by atoms with E-state index < -0.39 is 5.92 Å². The first-order valence-corrected chi connectivity index (χ1v) is 16.9. The van der Waals surface area contributed by atoms with E-state index in [4.69, 9.17) is 25.8 Å². The van der Waals surface area contributed by atoms with Crippen LogP contribution in [0.4, 0.5) is 0 Å². The molecule has 2 aromatic rings. The van der Waals surface area contributed by atoms with Crippen molar-refractivity contribution in [1.29, 1.82) is 0 Å². The molecule has 0 atom stereocenters. The molecule has 236 valence electrons. The second-order valence-electron chi connectivity index (χ2n) is 13.7.